The van der Waals surface area contributed by atoms with Gasteiger partial charge in [-0.1, -0.05) is 0 Å². The van der Waals surface area contributed by atoms with Crippen molar-refractivity contribution in [3.63, 3.8) is 0 Å². The molecule has 1 aromatic carbocycles. The fourth-order valence-electron chi connectivity index (χ4n) is 0.842. The van der Waals surface area contributed by atoms with Crippen molar-refractivity contribution in [3.05, 3.63) is 30.3 Å². The molecule has 1 rings (SSSR count). The predicted molar refractivity (Wildman–Crippen MR) is 50.3 cm³/mol. The summed E-state index contributed by atoms with van der Waals surface area (Å²) in [6.45, 7) is 2.96. The molecule has 0 aliphatic carbocycles. The number of para-hydroxylation sites is 1. The Balaban J connectivity index is 2.66. The summed E-state index contributed by atoms with van der Waals surface area (Å²) in [7, 11) is 0. The molecule has 0 fully saturated rings. The summed E-state index contributed by atoms with van der Waals surface area (Å²) < 4.78 is 5.74. The predicted octanol–water partition coefficient (Wildman–Crippen LogP) is 1.94. The van der Waals surface area contributed by atoms with Crippen LogP contribution in [0.15, 0.2) is 30.3 Å². The zero-order chi connectivity index (χ0) is 8.32. The average molecular weight is 158 g/mol. The first-order chi connectivity index (χ1) is 5.08. The van der Waals surface area contributed by atoms with Crippen LogP contribution in [-0.2, 0) is 0 Å². The molecule has 1 nitrogen and oxygen atoms in total. The Morgan fingerprint density at radius 3 is 2.18 bits per heavy atom. The van der Waals surface area contributed by atoms with E-state index in [1.807, 2.05) is 30.3 Å². The van der Waals surface area contributed by atoms with Gasteiger partial charge in [0.1, 0.15) is 0 Å². The van der Waals surface area contributed by atoms with E-state index in [4.69, 9.17) is 4.43 Å². The molecule has 0 N–H and O–H groups in total. The molecule has 0 aromatic heterocycles. The standard InChI is InChI=1S/C8H11OSi.Li/c1-10(2)9-8-6-4-3-5-7-8;/h3-7H,1-2H3;. The molecule has 0 saturated heterocycles. The second-order valence-corrected chi connectivity index (χ2v) is 7.96. The van der Waals surface area contributed by atoms with Crippen molar-refractivity contribution < 1.29 is 4.43 Å². The van der Waals surface area contributed by atoms with Gasteiger partial charge in [0.15, 0.2) is 0 Å². The van der Waals surface area contributed by atoms with E-state index < -0.39 is 6.64 Å². The Labute approximate surface area is 77.4 Å². The van der Waals surface area contributed by atoms with Crippen LogP contribution in [0.4, 0.5) is 0 Å². The van der Waals surface area contributed by atoms with Crippen molar-refractivity contribution in [1.29, 1.82) is 0 Å². The van der Waals surface area contributed by atoms with Crippen molar-refractivity contribution >= 4 is 23.7 Å². The summed E-state index contributed by atoms with van der Waals surface area (Å²) in [5.74, 6) is 0.992. The van der Waals surface area contributed by atoms with Gasteiger partial charge < -0.3 is 0 Å². The van der Waals surface area contributed by atoms with Gasteiger partial charge in [-0.3, -0.25) is 0 Å². The maximum atomic E-state index is 5.74. The molecular weight excluding hydrogens is 147 g/mol. The summed E-state index contributed by atoms with van der Waals surface area (Å²) >= 11 is 2.18. The van der Waals surface area contributed by atoms with Crippen LogP contribution in [0, 0.1) is 0 Å². The van der Waals surface area contributed by atoms with Crippen LogP contribution in [0.5, 0.6) is 5.75 Å². The Morgan fingerprint density at radius 2 is 1.73 bits per heavy atom. The SMILES string of the molecule is [Li][Si](C)(C)Oc1ccccc1. The van der Waals surface area contributed by atoms with Crippen LogP contribution in [0.2, 0.25) is 13.1 Å². The van der Waals surface area contributed by atoms with E-state index >= 15 is 0 Å². The first-order valence-corrected chi connectivity index (χ1v) is 7.23. The van der Waals surface area contributed by atoms with Crippen molar-refractivity contribution in [1.82, 2.24) is 0 Å². The second-order valence-electron chi connectivity index (χ2n) is 3.53. The molecular formula is C8H11LiOSi. The summed E-state index contributed by atoms with van der Waals surface area (Å²) in [5.41, 5.74) is 0. The van der Waals surface area contributed by atoms with E-state index in [9.17, 15) is 0 Å². The zero-order valence-corrected chi connectivity index (χ0v) is 8.29. The summed E-state index contributed by atoms with van der Waals surface area (Å²) in [5, 5.41) is 0. The Hall–Kier alpha value is -0.166. The number of benzene rings is 1. The van der Waals surface area contributed by atoms with E-state index in [2.05, 4.69) is 30.1 Å². The third-order valence-electron chi connectivity index (χ3n) is 1.17. The number of hydrogen-bond donors (Lipinski definition) is 0. The molecule has 0 aliphatic heterocycles. The van der Waals surface area contributed by atoms with Crippen LogP contribution >= 0.6 is 0 Å². The van der Waals surface area contributed by atoms with Crippen molar-refractivity contribution in [2.45, 2.75) is 13.1 Å². The van der Waals surface area contributed by atoms with E-state index in [0.717, 1.165) is 5.75 Å². The van der Waals surface area contributed by atoms with Gasteiger partial charge in [-0.15, -0.1) is 0 Å². The van der Waals surface area contributed by atoms with Gasteiger partial charge >= 0.3 is 77.3 Å². The first-order valence-electron chi connectivity index (χ1n) is 3.82. The molecule has 0 amide bonds. The first kappa shape index (κ1) is 8.93. The van der Waals surface area contributed by atoms with Gasteiger partial charge in [0.05, 0.1) is 0 Å². The molecule has 0 bridgehead atoms. The second kappa shape index (κ2) is 3.49. The van der Waals surface area contributed by atoms with Gasteiger partial charge in [0, 0.05) is 0 Å². The van der Waals surface area contributed by atoms with E-state index in [1.165, 1.54) is 0 Å². The van der Waals surface area contributed by atoms with E-state index in [0.29, 0.717) is 0 Å². The van der Waals surface area contributed by atoms with Gasteiger partial charge in [-0.2, -0.15) is 0 Å². The normalized spacial score (nSPS) is 11.3. The maximum absolute atomic E-state index is 5.74. The molecule has 0 radical (unpaired) electrons. The van der Waals surface area contributed by atoms with E-state index in [-0.39, 0.29) is 0 Å². The molecule has 11 heavy (non-hydrogen) atoms. The van der Waals surface area contributed by atoms with E-state index in [1.54, 1.807) is 0 Å². The third-order valence-corrected chi connectivity index (χ3v) is 2.02. The van der Waals surface area contributed by atoms with Crippen LogP contribution in [-0.4, -0.2) is 23.7 Å². The molecule has 0 aliphatic rings. The minimum absolute atomic E-state index is 0.992. The van der Waals surface area contributed by atoms with Crippen molar-refractivity contribution in [2.75, 3.05) is 0 Å². The van der Waals surface area contributed by atoms with Crippen LogP contribution in [0.3, 0.4) is 0 Å². The molecule has 54 valence electrons. The Morgan fingerprint density at radius 1 is 1.18 bits per heavy atom. The zero-order valence-electron chi connectivity index (χ0n) is 7.29. The summed E-state index contributed by atoms with van der Waals surface area (Å²) in [6, 6.07) is 9.98. The fourth-order valence-corrected chi connectivity index (χ4v) is 1.69. The van der Waals surface area contributed by atoms with Crippen molar-refractivity contribution in [2.24, 2.45) is 0 Å². The molecule has 1 aromatic rings. The molecule has 0 heterocycles. The summed E-state index contributed by atoms with van der Waals surface area (Å²) in [6.07, 6.45) is 0. The van der Waals surface area contributed by atoms with Gasteiger partial charge in [-0.05, 0) is 0 Å². The molecule has 3 heteroatoms. The average Bonchev–Trinajstić information content (AvgIpc) is 1.85. The Bertz CT molecular complexity index is 217. The van der Waals surface area contributed by atoms with Gasteiger partial charge in [0.25, 0.3) is 0 Å². The molecule has 0 saturated carbocycles. The van der Waals surface area contributed by atoms with Crippen LogP contribution < -0.4 is 4.43 Å². The quantitative estimate of drug-likeness (QED) is 0.597. The van der Waals surface area contributed by atoms with Gasteiger partial charge in [-0.25, -0.2) is 0 Å². The Kier molecular flexibility index (Phi) is 2.83. The minimum atomic E-state index is -1.40. The third kappa shape index (κ3) is 3.66. The number of rotatable bonds is 2. The molecule has 0 unspecified atom stereocenters. The topological polar surface area (TPSA) is 9.23 Å². The molecule has 0 spiro atoms. The fraction of sp³-hybridized carbons (Fsp3) is 0.250. The van der Waals surface area contributed by atoms with Crippen LogP contribution in [0.1, 0.15) is 0 Å². The van der Waals surface area contributed by atoms with Crippen LogP contribution in [0.25, 0.3) is 0 Å². The molecule has 0 atom stereocenters. The monoisotopic (exact) mass is 158 g/mol. The van der Waals surface area contributed by atoms with Gasteiger partial charge in [0.2, 0.25) is 0 Å². The number of hydrogen-bond acceptors (Lipinski definition) is 1. The van der Waals surface area contributed by atoms with Crippen molar-refractivity contribution in [3.8, 4) is 5.75 Å². The summed E-state index contributed by atoms with van der Waals surface area (Å²) in [4.78, 5) is 0.